The lowest BCUT2D eigenvalue weighted by molar-refractivity contribution is -0.139. The highest BCUT2D eigenvalue weighted by Crippen LogP contribution is 2.37. The SMILES string of the molecule is CC1CCC(C(=O)C(F)(F)Cl)CC1C. The Labute approximate surface area is 87.8 Å². The van der Waals surface area contributed by atoms with E-state index in [1.54, 1.807) is 0 Å². The minimum absolute atomic E-state index is 0.330. The average Bonchev–Trinajstić information content (AvgIpc) is 2.07. The van der Waals surface area contributed by atoms with Gasteiger partial charge < -0.3 is 0 Å². The zero-order valence-electron chi connectivity index (χ0n) is 8.40. The first-order valence-electron chi connectivity index (χ1n) is 4.93. The smallest absolute Gasteiger partial charge is 0.291 e. The summed E-state index contributed by atoms with van der Waals surface area (Å²) < 4.78 is 25.1. The molecule has 14 heavy (non-hydrogen) atoms. The summed E-state index contributed by atoms with van der Waals surface area (Å²) in [7, 11) is 0. The van der Waals surface area contributed by atoms with E-state index >= 15 is 0 Å². The highest BCUT2D eigenvalue weighted by molar-refractivity contribution is 6.32. The molecule has 0 aromatic rings. The predicted molar refractivity (Wildman–Crippen MR) is 51.5 cm³/mol. The molecule has 1 aliphatic carbocycles. The molecule has 1 rings (SSSR count). The van der Waals surface area contributed by atoms with Crippen LogP contribution in [-0.4, -0.2) is 11.2 Å². The number of carbonyl (C=O) groups excluding carboxylic acids is 1. The lowest BCUT2D eigenvalue weighted by Gasteiger charge is -2.31. The van der Waals surface area contributed by atoms with Crippen LogP contribution in [0.3, 0.4) is 0 Å². The molecule has 1 nitrogen and oxygen atoms in total. The monoisotopic (exact) mass is 224 g/mol. The van der Waals surface area contributed by atoms with Gasteiger partial charge in [0, 0.05) is 5.92 Å². The van der Waals surface area contributed by atoms with E-state index < -0.39 is 17.1 Å². The summed E-state index contributed by atoms with van der Waals surface area (Å²) in [5, 5.41) is -3.68. The first-order valence-corrected chi connectivity index (χ1v) is 5.31. The van der Waals surface area contributed by atoms with Gasteiger partial charge in [0.25, 0.3) is 0 Å². The van der Waals surface area contributed by atoms with Crippen molar-refractivity contribution in [2.75, 3.05) is 0 Å². The van der Waals surface area contributed by atoms with Gasteiger partial charge in [0.05, 0.1) is 0 Å². The van der Waals surface area contributed by atoms with Gasteiger partial charge >= 0.3 is 5.38 Å². The number of halogens is 3. The predicted octanol–water partition coefficient (Wildman–Crippen LogP) is 3.46. The summed E-state index contributed by atoms with van der Waals surface area (Å²) in [5.74, 6) is -0.800. The van der Waals surface area contributed by atoms with Crippen LogP contribution < -0.4 is 0 Å². The van der Waals surface area contributed by atoms with Gasteiger partial charge in [-0.2, -0.15) is 8.78 Å². The van der Waals surface area contributed by atoms with Crippen molar-refractivity contribution in [3.8, 4) is 0 Å². The molecular weight excluding hydrogens is 210 g/mol. The van der Waals surface area contributed by atoms with Crippen molar-refractivity contribution in [2.45, 2.75) is 38.5 Å². The topological polar surface area (TPSA) is 17.1 Å². The Hall–Kier alpha value is -0.180. The summed E-state index contributed by atoms with van der Waals surface area (Å²) in [5.41, 5.74) is 0. The second kappa shape index (κ2) is 4.13. The third-order valence-corrected chi connectivity index (χ3v) is 3.43. The molecule has 1 aliphatic rings. The zero-order chi connectivity index (χ0) is 10.9. The summed E-state index contributed by atoms with van der Waals surface area (Å²) in [6, 6.07) is 0. The summed E-state index contributed by atoms with van der Waals surface area (Å²) in [6.07, 6.45) is 1.93. The van der Waals surface area contributed by atoms with Crippen molar-refractivity contribution in [1.82, 2.24) is 0 Å². The van der Waals surface area contributed by atoms with Crippen LogP contribution in [-0.2, 0) is 4.79 Å². The fourth-order valence-electron chi connectivity index (χ4n) is 2.02. The Bertz CT molecular complexity index is 225. The second-order valence-electron chi connectivity index (χ2n) is 4.33. The number of alkyl halides is 3. The fourth-order valence-corrected chi connectivity index (χ4v) is 2.17. The minimum atomic E-state index is -3.68. The van der Waals surface area contributed by atoms with Crippen LogP contribution in [0.2, 0.25) is 0 Å². The second-order valence-corrected chi connectivity index (χ2v) is 4.80. The fraction of sp³-hybridized carbons (Fsp3) is 0.900. The largest absolute Gasteiger partial charge is 0.380 e. The standard InChI is InChI=1S/C10H15ClF2O/c1-6-3-4-8(5-7(6)2)9(14)10(11,12)13/h6-8H,3-5H2,1-2H3. The van der Waals surface area contributed by atoms with Crippen molar-refractivity contribution >= 4 is 17.4 Å². The summed E-state index contributed by atoms with van der Waals surface area (Å²) >= 11 is 4.72. The van der Waals surface area contributed by atoms with Crippen LogP contribution in [0.1, 0.15) is 33.1 Å². The van der Waals surface area contributed by atoms with Gasteiger partial charge in [-0.1, -0.05) is 13.8 Å². The van der Waals surface area contributed by atoms with Crippen LogP contribution in [0.5, 0.6) is 0 Å². The molecule has 0 bridgehead atoms. The number of ketones is 1. The molecule has 0 N–H and O–H groups in total. The third kappa shape index (κ3) is 2.66. The van der Waals surface area contributed by atoms with Crippen LogP contribution in [0.4, 0.5) is 8.78 Å². The Morgan fingerprint density at radius 3 is 2.29 bits per heavy atom. The summed E-state index contributed by atoms with van der Waals surface area (Å²) in [6.45, 7) is 4.08. The number of hydrogen-bond acceptors (Lipinski definition) is 1. The molecule has 0 aliphatic heterocycles. The molecule has 1 saturated carbocycles. The normalized spacial score (nSPS) is 34.2. The molecule has 0 aromatic heterocycles. The van der Waals surface area contributed by atoms with Crippen molar-refractivity contribution < 1.29 is 13.6 Å². The molecule has 4 heteroatoms. The van der Waals surface area contributed by atoms with E-state index in [4.69, 9.17) is 11.6 Å². The van der Waals surface area contributed by atoms with E-state index in [9.17, 15) is 13.6 Å². The molecule has 0 saturated heterocycles. The molecule has 3 unspecified atom stereocenters. The average molecular weight is 225 g/mol. The lowest BCUT2D eigenvalue weighted by atomic mass is 9.74. The van der Waals surface area contributed by atoms with E-state index in [1.165, 1.54) is 0 Å². The molecule has 0 heterocycles. The van der Waals surface area contributed by atoms with Crippen molar-refractivity contribution in [2.24, 2.45) is 17.8 Å². The Morgan fingerprint density at radius 1 is 1.29 bits per heavy atom. The highest BCUT2D eigenvalue weighted by Gasteiger charge is 2.42. The summed E-state index contributed by atoms with van der Waals surface area (Å²) in [4.78, 5) is 11.2. The van der Waals surface area contributed by atoms with Gasteiger partial charge in [-0.25, -0.2) is 0 Å². The maximum absolute atomic E-state index is 12.5. The van der Waals surface area contributed by atoms with Gasteiger partial charge in [0.1, 0.15) is 0 Å². The van der Waals surface area contributed by atoms with Crippen molar-refractivity contribution in [3.05, 3.63) is 0 Å². The first-order chi connectivity index (χ1) is 6.32. The Kier molecular flexibility index (Phi) is 3.51. The lowest BCUT2D eigenvalue weighted by Crippen LogP contribution is -2.34. The zero-order valence-corrected chi connectivity index (χ0v) is 9.15. The van der Waals surface area contributed by atoms with E-state index in [0.29, 0.717) is 24.7 Å². The van der Waals surface area contributed by atoms with Gasteiger partial charge in [-0.05, 0) is 42.7 Å². The van der Waals surface area contributed by atoms with Crippen molar-refractivity contribution in [3.63, 3.8) is 0 Å². The quantitative estimate of drug-likeness (QED) is 0.657. The van der Waals surface area contributed by atoms with E-state index in [1.807, 2.05) is 6.92 Å². The maximum atomic E-state index is 12.5. The molecule has 0 spiro atoms. The van der Waals surface area contributed by atoms with Crippen molar-refractivity contribution in [1.29, 1.82) is 0 Å². The van der Waals surface area contributed by atoms with Gasteiger partial charge in [-0.3, -0.25) is 4.79 Å². The molecule has 0 aromatic carbocycles. The number of hydrogen-bond donors (Lipinski definition) is 0. The maximum Gasteiger partial charge on any atom is 0.380 e. The van der Waals surface area contributed by atoms with E-state index in [2.05, 4.69) is 6.92 Å². The van der Waals surface area contributed by atoms with Crippen LogP contribution in [0.25, 0.3) is 0 Å². The Morgan fingerprint density at radius 2 is 1.86 bits per heavy atom. The third-order valence-electron chi connectivity index (χ3n) is 3.25. The molecule has 1 fully saturated rings. The van der Waals surface area contributed by atoms with E-state index in [0.717, 1.165) is 6.42 Å². The highest BCUT2D eigenvalue weighted by atomic mass is 35.5. The number of Topliss-reactive ketones (excluding diaryl/α,β-unsaturated/α-hetero) is 1. The van der Waals surface area contributed by atoms with Crippen LogP contribution in [0.15, 0.2) is 0 Å². The van der Waals surface area contributed by atoms with Gasteiger partial charge in [-0.15, -0.1) is 0 Å². The minimum Gasteiger partial charge on any atom is -0.291 e. The van der Waals surface area contributed by atoms with Gasteiger partial charge in [0.15, 0.2) is 0 Å². The molecule has 82 valence electrons. The van der Waals surface area contributed by atoms with E-state index in [-0.39, 0.29) is 0 Å². The first kappa shape index (κ1) is 11.9. The van der Waals surface area contributed by atoms with Crippen LogP contribution >= 0.6 is 11.6 Å². The number of rotatable bonds is 2. The Balaban J connectivity index is 2.59. The molecule has 3 atom stereocenters. The van der Waals surface area contributed by atoms with Crippen LogP contribution in [0, 0.1) is 17.8 Å². The molecule has 0 amide bonds. The molecular formula is C10H15ClF2O. The molecule has 0 radical (unpaired) electrons. The van der Waals surface area contributed by atoms with Gasteiger partial charge in [0.2, 0.25) is 5.78 Å². The number of carbonyl (C=O) groups is 1.